The highest BCUT2D eigenvalue weighted by atomic mass is 15.4. The van der Waals surface area contributed by atoms with Gasteiger partial charge in [-0.3, -0.25) is 16.0 Å². The summed E-state index contributed by atoms with van der Waals surface area (Å²) in [4.78, 5) is 11.4. The van der Waals surface area contributed by atoms with Crippen LogP contribution in [0.15, 0.2) is 271 Å². The fourth-order valence-electron chi connectivity index (χ4n) is 13.1. The molecule has 2 aliphatic heterocycles. The highest BCUT2D eigenvalue weighted by Crippen LogP contribution is 2.53. The third-order valence-corrected chi connectivity index (χ3v) is 16.9. The molecule has 0 radical (unpaired) electrons. The van der Waals surface area contributed by atoms with Crippen molar-refractivity contribution in [1.29, 1.82) is 0 Å². The summed E-state index contributed by atoms with van der Waals surface area (Å²) in [6.45, 7) is 0. The summed E-state index contributed by atoms with van der Waals surface area (Å²) in [6, 6.07) is 77.5. The van der Waals surface area contributed by atoms with E-state index in [0.29, 0.717) is 5.84 Å². The van der Waals surface area contributed by atoms with Crippen LogP contribution in [0.4, 0.5) is 0 Å². The van der Waals surface area contributed by atoms with Gasteiger partial charge < -0.3 is 14.5 Å². The molecule has 2 aromatic heterocycles. The van der Waals surface area contributed by atoms with Crippen molar-refractivity contribution in [3.63, 3.8) is 0 Å². The maximum atomic E-state index is 5.74. The Bertz CT molecular complexity index is 4080. The predicted molar refractivity (Wildman–Crippen MR) is 327 cm³/mol. The third-order valence-electron chi connectivity index (χ3n) is 16.9. The van der Waals surface area contributed by atoms with Crippen LogP contribution in [-0.4, -0.2) is 27.0 Å². The first-order chi connectivity index (χ1) is 39.7. The molecule has 8 heteroatoms. The topological polar surface area (TPSA) is 82.7 Å². The van der Waals surface area contributed by atoms with E-state index in [0.717, 1.165) is 69.8 Å². The zero-order chi connectivity index (χ0) is 52.9. The zero-order valence-electron chi connectivity index (χ0n) is 44.3. The summed E-state index contributed by atoms with van der Waals surface area (Å²) in [7, 11) is 0. The smallest absolute Gasteiger partial charge is 0.161 e. The second-order valence-corrected chi connectivity index (χ2v) is 21.7. The SMILES string of the molecule is C1=CCC(c2ccc3c(c2)c2c(n3-c3ccc(C4NC(c5ccccc5)NC(c5ccccc5)N4)cc3C3=NC(C4C=CC=CC4)NC(c4ccccc4)=N3)-c3c(n(-c4ccccc4)c4ccccc34)C(c3ccccc3)C2)C=C1. The fourth-order valence-corrected chi connectivity index (χ4v) is 13.1. The van der Waals surface area contributed by atoms with E-state index in [2.05, 4.69) is 291 Å². The highest BCUT2D eigenvalue weighted by molar-refractivity contribution is 6.15. The summed E-state index contributed by atoms with van der Waals surface area (Å²) in [6.07, 6.45) is 19.7. The van der Waals surface area contributed by atoms with Crippen molar-refractivity contribution in [3.05, 3.63) is 311 Å². The molecule has 1 saturated heterocycles. The minimum absolute atomic E-state index is 0.0609. The number of benzene rings is 8. The van der Waals surface area contributed by atoms with Gasteiger partial charge in [0.2, 0.25) is 0 Å². The van der Waals surface area contributed by atoms with Crippen molar-refractivity contribution >= 4 is 33.5 Å². The van der Waals surface area contributed by atoms with Crippen LogP contribution in [0.5, 0.6) is 0 Å². The molecular weight excluding hydrogens is 977 g/mol. The molecule has 80 heavy (non-hydrogen) atoms. The lowest BCUT2D eigenvalue weighted by Gasteiger charge is -2.40. The minimum Gasteiger partial charge on any atom is -0.347 e. The Morgan fingerprint density at radius 3 is 1.75 bits per heavy atom. The van der Waals surface area contributed by atoms with Crippen LogP contribution < -0.4 is 21.3 Å². The van der Waals surface area contributed by atoms with Crippen LogP contribution in [0.2, 0.25) is 0 Å². The Labute approximate surface area is 467 Å². The molecule has 6 atom stereocenters. The van der Waals surface area contributed by atoms with Gasteiger partial charge in [-0.25, -0.2) is 9.98 Å². The molecule has 3 aliphatic carbocycles. The molecule has 1 fully saturated rings. The number of fused-ring (bicyclic) bond motifs is 7. The Morgan fingerprint density at radius 2 is 1.07 bits per heavy atom. The average molecular weight is 1040 g/mol. The zero-order valence-corrected chi connectivity index (χ0v) is 44.3. The predicted octanol–water partition coefficient (Wildman–Crippen LogP) is 15.0. The molecule has 4 N–H and O–H groups in total. The molecular formula is C72H60N8. The van der Waals surface area contributed by atoms with E-state index >= 15 is 0 Å². The van der Waals surface area contributed by atoms with E-state index < -0.39 is 0 Å². The molecule has 0 bridgehead atoms. The molecule has 4 heterocycles. The van der Waals surface area contributed by atoms with Crippen molar-refractivity contribution in [3.8, 4) is 22.6 Å². The van der Waals surface area contributed by atoms with Gasteiger partial charge in [0.05, 0.1) is 40.9 Å². The summed E-state index contributed by atoms with van der Waals surface area (Å²) < 4.78 is 5.14. The maximum absolute atomic E-state index is 5.74. The van der Waals surface area contributed by atoms with Gasteiger partial charge in [-0.05, 0) is 95.1 Å². The monoisotopic (exact) mass is 1040 g/mol. The van der Waals surface area contributed by atoms with Gasteiger partial charge in [0, 0.05) is 56.6 Å². The number of nitrogens with zero attached hydrogens (tertiary/aromatic N) is 4. The van der Waals surface area contributed by atoms with Gasteiger partial charge >= 0.3 is 0 Å². The fraction of sp³-hybridized carbons (Fsp3) is 0.139. The van der Waals surface area contributed by atoms with Crippen LogP contribution in [0, 0.1) is 5.92 Å². The van der Waals surface area contributed by atoms with Crippen LogP contribution in [-0.2, 0) is 6.42 Å². The van der Waals surface area contributed by atoms with E-state index in [1.54, 1.807) is 0 Å². The third kappa shape index (κ3) is 8.60. The van der Waals surface area contributed by atoms with Crippen LogP contribution >= 0.6 is 0 Å². The number of aromatic nitrogens is 2. The number of nitrogens with one attached hydrogen (secondary N) is 4. The lowest BCUT2D eigenvalue weighted by Crippen LogP contribution is -2.54. The Morgan fingerprint density at radius 1 is 0.475 bits per heavy atom. The van der Waals surface area contributed by atoms with Crippen molar-refractivity contribution in [2.24, 2.45) is 15.9 Å². The van der Waals surface area contributed by atoms with E-state index in [-0.39, 0.29) is 42.4 Å². The van der Waals surface area contributed by atoms with E-state index in [4.69, 9.17) is 9.98 Å². The van der Waals surface area contributed by atoms with Gasteiger partial charge in [0.15, 0.2) is 5.84 Å². The van der Waals surface area contributed by atoms with Gasteiger partial charge in [-0.2, -0.15) is 0 Å². The van der Waals surface area contributed by atoms with Crippen LogP contribution in [0.25, 0.3) is 44.4 Å². The van der Waals surface area contributed by atoms with Gasteiger partial charge in [0.1, 0.15) is 12.0 Å². The highest BCUT2D eigenvalue weighted by Gasteiger charge is 2.39. The van der Waals surface area contributed by atoms with Crippen molar-refractivity contribution in [2.45, 2.75) is 55.8 Å². The number of aliphatic imine (C=N–C) groups is 2. The summed E-state index contributed by atoms with van der Waals surface area (Å²) >= 11 is 0. The lowest BCUT2D eigenvalue weighted by molar-refractivity contribution is 0.203. The standard InChI is InChI=1S/C72H60N8/c1-8-24-47(25-9-1)53-40-42-62-58(44-53)59-46-57(48-26-10-2-11-27-48)65-64(56-38-22-23-39-61(56)79(65)55-36-20-7-21-37-55)66(59)80(62)63-43-41-54(71-75-67(49-28-12-3-13-29-49)73-68(76-71)50-30-14-4-15-31-50)45-60(63)72-77-69(51-32-16-5-17-33-51)74-70(78-72)52-34-18-6-19-35-52/h1-24,26-34,36-45,47,52,57,67-68,70-71,73,75-76H,25,35,46H2,(H,74,77,78). The molecule has 6 unspecified atom stereocenters. The van der Waals surface area contributed by atoms with Gasteiger partial charge in [-0.1, -0.05) is 218 Å². The number of hydrogen-bond donors (Lipinski definition) is 4. The van der Waals surface area contributed by atoms with Crippen molar-refractivity contribution < 1.29 is 0 Å². The Balaban J connectivity index is 1.02. The van der Waals surface area contributed by atoms with Crippen molar-refractivity contribution in [1.82, 2.24) is 30.4 Å². The Kier molecular flexibility index (Phi) is 12.3. The number of allylic oxidation sites excluding steroid dienone is 7. The molecule has 388 valence electrons. The van der Waals surface area contributed by atoms with Crippen molar-refractivity contribution in [2.75, 3.05) is 0 Å². The normalized spacial score (nSPS) is 22.1. The second kappa shape index (κ2) is 20.6. The quantitative estimate of drug-likeness (QED) is 0.110. The second-order valence-electron chi connectivity index (χ2n) is 21.7. The number of amidine groups is 2. The van der Waals surface area contributed by atoms with Gasteiger partial charge in [-0.15, -0.1) is 0 Å². The maximum Gasteiger partial charge on any atom is 0.161 e. The first kappa shape index (κ1) is 48.0. The summed E-state index contributed by atoms with van der Waals surface area (Å²) in [5, 5.41) is 18.2. The number of rotatable bonds is 10. The molecule has 5 aliphatic rings. The average Bonchev–Trinajstić information content (AvgIpc) is 4.29. The first-order valence-electron chi connectivity index (χ1n) is 28.3. The Hall–Kier alpha value is -9.18. The number of para-hydroxylation sites is 2. The molecule has 10 aromatic rings. The van der Waals surface area contributed by atoms with E-state index in [1.165, 1.54) is 49.9 Å². The number of hydrogen-bond acceptors (Lipinski definition) is 6. The summed E-state index contributed by atoms with van der Waals surface area (Å²) in [5.41, 5.74) is 17.6. The van der Waals surface area contributed by atoms with Crippen LogP contribution in [0.1, 0.15) is 93.4 Å². The van der Waals surface area contributed by atoms with Crippen LogP contribution in [0.3, 0.4) is 0 Å². The largest absolute Gasteiger partial charge is 0.347 e. The molecule has 15 rings (SSSR count). The molecule has 0 amide bonds. The summed E-state index contributed by atoms with van der Waals surface area (Å²) in [5.74, 6) is 1.96. The molecule has 0 spiro atoms. The van der Waals surface area contributed by atoms with E-state index in [9.17, 15) is 0 Å². The lowest BCUT2D eigenvalue weighted by atomic mass is 9.80. The first-order valence-corrected chi connectivity index (χ1v) is 28.3. The molecule has 8 aromatic carbocycles. The molecule has 8 nitrogen and oxygen atoms in total. The van der Waals surface area contributed by atoms with Gasteiger partial charge in [0.25, 0.3) is 0 Å². The van der Waals surface area contributed by atoms with E-state index in [1.807, 2.05) is 0 Å². The minimum atomic E-state index is -0.270. The molecule has 0 saturated carbocycles.